The van der Waals surface area contributed by atoms with E-state index in [0.29, 0.717) is 0 Å². The Morgan fingerprint density at radius 1 is 1.35 bits per heavy atom. The molecule has 0 radical (unpaired) electrons. The van der Waals surface area contributed by atoms with E-state index in [1.54, 1.807) is 13.3 Å². The second-order valence-corrected chi connectivity index (χ2v) is 3.33. The van der Waals surface area contributed by atoms with Crippen LogP contribution in [0.1, 0.15) is 37.6 Å². The van der Waals surface area contributed by atoms with Crippen molar-refractivity contribution in [1.82, 2.24) is 4.98 Å². The molecule has 4 nitrogen and oxygen atoms in total. The third kappa shape index (κ3) is 4.43. The number of nitrogens with zero attached hydrogens (tertiary/aromatic N) is 1. The zero-order valence-corrected chi connectivity index (χ0v) is 11.5. The number of carbonyl (C=O) groups excluding carboxylic acids is 1. The first-order chi connectivity index (χ1) is 8.06. The average molecular weight is 239 g/mol. The number of pyridine rings is 1. The lowest BCUT2D eigenvalue weighted by Gasteiger charge is -2.11. The van der Waals surface area contributed by atoms with E-state index >= 15 is 0 Å². The molecule has 0 bridgehead atoms. The zero-order chi connectivity index (χ0) is 13.4. The van der Waals surface area contributed by atoms with Crippen LogP contribution in [0.5, 0.6) is 5.75 Å². The van der Waals surface area contributed by atoms with Crippen LogP contribution in [0.15, 0.2) is 6.20 Å². The van der Waals surface area contributed by atoms with Crippen LogP contribution in [-0.2, 0) is 16.1 Å². The Morgan fingerprint density at radius 3 is 2.41 bits per heavy atom. The third-order valence-electron chi connectivity index (χ3n) is 2.16. The quantitative estimate of drug-likeness (QED) is 0.761. The molecule has 0 unspecified atom stereocenters. The van der Waals surface area contributed by atoms with Gasteiger partial charge in [-0.25, -0.2) is 0 Å². The number of methoxy groups -OCH3 is 1. The van der Waals surface area contributed by atoms with Crippen molar-refractivity contribution in [3.05, 3.63) is 23.0 Å². The molecule has 0 saturated heterocycles. The van der Waals surface area contributed by atoms with Gasteiger partial charge in [-0.1, -0.05) is 13.8 Å². The molecule has 0 saturated carbocycles. The van der Waals surface area contributed by atoms with Gasteiger partial charge in [0.05, 0.1) is 12.8 Å². The lowest BCUT2D eigenvalue weighted by Crippen LogP contribution is -2.04. The maximum atomic E-state index is 10.7. The van der Waals surface area contributed by atoms with Gasteiger partial charge in [-0.05, 0) is 13.8 Å². The first-order valence-corrected chi connectivity index (χ1v) is 5.68. The van der Waals surface area contributed by atoms with Crippen molar-refractivity contribution in [3.63, 3.8) is 0 Å². The highest BCUT2D eigenvalue weighted by atomic mass is 16.5. The normalized spacial score (nSPS) is 9.06. The van der Waals surface area contributed by atoms with Gasteiger partial charge in [0, 0.05) is 24.2 Å². The van der Waals surface area contributed by atoms with Crippen LogP contribution in [0.2, 0.25) is 0 Å². The molecule has 0 spiro atoms. The highest BCUT2D eigenvalue weighted by Gasteiger charge is 2.09. The first kappa shape index (κ1) is 15.4. The van der Waals surface area contributed by atoms with Crippen LogP contribution in [0, 0.1) is 13.8 Å². The monoisotopic (exact) mass is 239 g/mol. The van der Waals surface area contributed by atoms with Crippen molar-refractivity contribution in [2.45, 2.75) is 41.2 Å². The molecule has 1 aromatic heterocycles. The van der Waals surface area contributed by atoms with Gasteiger partial charge < -0.3 is 9.47 Å². The summed E-state index contributed by atoms with van der Waals surface area (Å²) in [4.78, 5) is 14.9. The van der Waals surface area contributed by atoms with E-state index in [9.17, 15) is 4.79 Å². The van der Waals surface area contributed by atoms with E-state index < -0.39 is 0 Å². The van der Waals surface area contributed by atoms with Crippen LogP contribution in [0.3, 0.4) is 0 Å². The van der Waals surface area contributed by atoms with Crippen molar-refractivity contribution in [2.24, 2.45) is 0 Å². The summed E-state index contributed by atoms with van der Waals surface area (Å²) in [7, 11) is 1.62. The van der Waals surface area contributed by atoms with E-state index in [1.807, 2.05) is 27.7 Å². The number of ether oxygens (including phenoxy) is 2. The van der Waals surface area contributed by atoms with Gasteiger partial charge in [-0.15, -0.1) is 0 Å². The molecule has 1 aromatic rings. The van der Waals surface area contributed by atoms with Crippen molar-refractivity contribution in [3.8, 4) is 5.75 Å². The number of esters is 1. The van der Waals surface area contributed by atoms with E-state index in [1.165, 1.54) is 6.92 Å². The van der Waals surface area contributed by atoms with Gasteiger partial charge >= 0.3 is 5.97 Å². The molecule has 0 N–H and O–H groups in total. The second kappa shape index (κ2) is 7.65. The summed E-state index contributed by atoms with van der Waals surface area (Å²) in [6.45, 7) is 9.39. The van der Waals surface area contributed by atoms with Gasteiger partial charge in [0.15, 0.2) is 0 Å². The third-order valence-corrected chi connectivity index (χ3v) is 2.16. The second-order valence-electron chi connectivity index (χ2n) is 3.33. The molecule has 17 heavy (non-hydrogen) atoms. The summed E-state index contributed by atoms with van der Waals surface area (Å²) in [5, 5.41) is 0. The Hall–Kier alpha value is -1.58. The molecular weight excluding hydrogens is 218 g/mol. The number of aryl methyl sites for hydroxylation is 1. The molecule has 96 valence electrons. The summed E-state index contributed by atoms with van der Waals surface area (Å²) in [5.74, 6) is 0.489. The average Bonchev–Trinajstić information content (AvgIpc) is 2.31. The van der Waals surface area contributed by atoms with Crippen LogP contribution in [0.25, 0.3) is 0 Å². The van der Waals surface area contributed by atoms with Gasteiger partial charge in [0.2, 0.25) is 0 Å². The van der Waals surface area contributed by atoms with E-state index in [-0.39, 0.29) is 12.6 Å². The first-order valence-electron chi connectivity index (χ1n) is 5.68. The summed E-state index contributed by atoms with van der Waals surface area (Å²) in [6.07, 6.45) is 1.71. The SMILES string of the molecule is CC.COc1c(C)cnc(COC(C)=O)c1C. The Labute approximate surface area is 103 Å². The molecule has 0 aliphatic rings. The van der Waals surface area contributed by atoms with Crippen molar-refractivity contribution in [2.75, 3.05) is 7.11 Å². The Morgan fingerprint density at radius 2 is 1.94 bits per heavy atom. The largest absolute Gasteiger partial charge is 0.496 e. The number of rotatable bonds is 3. The Bertz CT molecular complexity index is 375. The molecule has 4 heteroatoms. The summed E-state index contributed by atoms with van der Waals surface area (Å²) in [5.41, 5.74) is 2.62. The minimum Gasteiger partial charge on any atom is -0.496 e. The van der Waals surface area contributed by atoms with Crippen molar-refractivity contribution in [1.29, 1.82) is 0 Å². The predicted octanol–water partition coefficient (Wildman–Crippen LogP) is 2.80. The Balaban J connectivity index is 0.00000121. The Kier molecular flexibility index (Phi) is 6.94. The molecule has 0 atom stereocenters. The molecule has 0 amide bonds. The van der Waals surface area contributed by atoms with Crippen LogP contribution in [-0.4, -0.2) is 18.1 Å². The van der Waals surface area contributed by atoms with Gasteiger partial charge in [-0.2, -0.15) is 0 Å². The molecule has 0 aliphatic heterocycles. The maximum Gasteiger partial charge on any atom is 0.303 e. The maximum absolute atomic E-state index is 10.7. The van der Waals surface area contributed by atoms with Crippen molar-refractivity contribution < 1.29 is 14.3 Å². The van der Waals surface area contributed by atoms with Crippen LogP contribution >= 0.6 is 0 Å². The molecule has 0 aliphatic carbocycles. The van der Waals surface area contributed by atoms with Gasteiger partial charge in [-0.3, -0.25) is 9.78 Å². The van der Waals surface area contributed by atoms with Gasteiger partial charge in [0.1, 0.15) is 12.4 Å². The minimum absolute atomic E-state index is 0.192. The van der Waals surface area contributed by atoms with Crippen LogP contribution in [0.4, 0.5) is 0 Å². The van der Waals surface area contributed by atoms with Crippen molar-refractivity contribution >= 4 is 5.97 Å². The van der Waals surface area contributed by atoms with E-state index in [2.05, 4.69) is 4.98 Å². The summed E-state index contributed by atoms with van der Waals surface area (Å²) in [6, 6.07) is 0. The topological polar surface area (TPSA) is 48.4 Å². The fraction of sp³-hybridized carbons (Fsp3) is 0.538. The zero-order valence-electron chi connectivity index (χ0n) is 11.5. The van der Waals surface area contributed by atoms with Gasteiger partial charge in [0.25, 0.3) is 0 Å². The summed E-state index contributed by atoms with van der Waals surface area (Å²) >= 11 is 0. The minimum atomic E-state index is -0.309. The number of hydrogen-bond donors (Lipinski definition) is 0. The highest BCUT2D eigenvalue weighted by Crippen LogP contribution is 2.24. The van der Waals surface area contributed by atoms with E-state index in [0.717, 1.165) is 22.6 Å². The molecule has 0 fully saturated rings. The smallest absolute Gasteiger partial charge is 0.303 e. The van der Waals surface area contributed by atoms with E-state index in [4.69, 9.17) is 9.47 Å². The number of aromatic nitrogens is 1. The fourth-order valence-electron chi connectivity index (χ4n) is 1.39. The lowest BCUT2D eigenvalue weighted by atomic mass is 10.1. The molecule has 1 rings (SSSR count). The fourth-order valence-corrected chi connectivity index (χ4v) is 1.39. The molecule has 0 aromatic carbocycles. The number of carbonyl (C=O) groups is 1. The molecular formula is C13H21NO3. The number of hydrogen-bond acceptors (Lipinski definition) is 4. The molecule has 1 heterocycles. The lowest BCUT2D eigenvalue weighted by molar-refractivity contribution is -0.142. The standard InChI is InChI=1S/C11H15NO3.C2H6/c1-7-5-12-10(6-15-9(3)13)8(2)11(7)14-4;1-2/h5H,6H2,1-4H3;1-2H3. The summed E-state index contributed by atoms with van der Waals surface area (Å²) < 4.78 is 10.1. The predicted molar refractivity (Wildman–Crippen MR) is 67.1 cm³/mol. The highest BCUT2D eigenvalue weighted by molar-refractivity contribution is 5.65. The van der Waals surface area contributed by atoms with Crippen LogP contribution < -0.4 is 4.74 Å².